The van der Waals surface area contributed by atoms with Gasteiger partial charge in [-0.3, -0.25) is 14.3 Å². The zero-order valence-electron chi connectivity index (χ0n) is 10.8. The van der Waals surface area contributed by atoms with Gasteiger partial charge in [0.1, 0.15) is 6.04 Å². The van der Waals surface area contributed by atoms with Gasteiger partial charge in [-0.15, -0.1) is 13.2 Å². The molecule has 1 aliphatic heterocycles. The molecule has 0 aromatic carbocycles. The summed E-state index contributed by atoms with van der Waals surface area (Å²) in [5.41, 5.74) is 0. The van der Waals surface area contributed by atoms with Crippen molar-refractivity contribution in [1.29, 1.82) is 0 Å². The highest BCUT2D eigenvalue weighted by atomic mass is 19.4. The Hall–Kier alpha value is -1.31. The number of nitrogens with one attached hydrogen (secondary N) is 1. The fourth-order valence-electron chi connectivity index (χ4n) is 1.81. The Kier molecular flexibility index (Phi) is 5.16. The number of halogens is 3. The summed E-state index contributed by atoms with van der Waals surface area (Å²) in [6.45, 7) is 2.52. The zero-order valence-corrected chi connectivity index (χ0v) is 10.8. The normalized spacial score (nSPS) is 22.4. The molecule has 1 aliphatic rings. The molecular weight excluding hydrogens is 265 g/mol. The SMILES string of the molecule is CCC(C)C1NC(=O)CN(CCOC(F)(F)F)C1=O. The second-order valence-electron chi connectivity index (χ2n) is 4.48. The summed E-state index contributed by atoms with van der Waals surface area (Å²) >= 11 is 0. The molecule has 19 heavy (non-hydrogen) atoms. The van der Waals surface area contributed by atoms with Crippen LogP contribution in [0.2, 0.25) is 0 Å². The maximum Gasteiger partial charge on any atom is 0.522 e. The summed E-state index contributed by atoms with van der Waals surface area (Å²) in [5, 5.41) is 2.56. The minimum absolute atomic E-state index is 0.0669. The Labute approximate surface area is 109 Å². The molecule has 1 N–H and O–H groups in total. The summed E-state index contributed by atoms with van der Waals surface area (Å²) in [7, 11) is 0. The van der Waals surface area contributed by atoms with Gasteiger partial charge in [0.05, 0.1) is 13.2 Å². The highest BCUT2D eigenvalue weighted by Gasteiger charge is 2.36. The molecule has 1 saturated heterocycles. The number of carbonyl (C=O) groups is 2. The summed E-state index contributed by atoms with van der Waals surface area (Å²) in [5.74, 6) is -0.792. The maximum atomic E-state index is 12.0. The number of piperazine rings is 1. The number of carbonyl (C=O) groups excluding carboxylic acids is 2. The van der Waals surface area contributed by atoms with Crippen LogP contribution in [-0.4, -0.2) is 48.8 Å². The third-order valence-electron chi connectivity index (χ3n) is 3.07. The smallest absolute Gasteiger partial charge is 0.342 e. The molecule has 2 amide bonds. The van der Waals surface area contributed by atoms with Crippen molar-refractivity contribution in [2.75, 3.05) is 19.7 Å². The molecule has 0 spiro atoms. The molecule has 0 aliphatic carbocycles. The lowest BCUT2D eigenvalue weighted by Crippen LogP contribution is -2.60. The molecule has 110 valence electrons. The van der Waals surface area contributed by atoms with Crippen LogP contribution in [0.15, 0.2) is 0 Å². The second-order valence-corrected chi connectivity index (χ2v) is 4.48. The first kappa shape index (κ1) is 15.7. The van der Waals surface area contributed by atoms with E-state index in [0.29, 0.717) is 6.42 Å². The highest BCUT2D eigenvalue weighted by Crippen LogP contribution is 2.17. The van der Waals surface area contributed by atoms with Crippen LogP contribution in [0, 0.1) is 5.92 Å². The van der Waals surface area contributed by atoms with Crippen molar-refractivity contribution in [1.82, 2.24) is 10.2 Å². The summed E-state index contributed by atoms with van der Waals surface area (Å²) < 4.78 is 39.1. The largest absolute Gasteiger partial charge is 0.522 e. The van der Waals surface area contributed by atoms with Crippen LogP contribution in [0.5, 0.6) is 0 Å². The minimum Gasteiger partial charge on any atom is -0.342 e. The molecule has 0 saturated carbocycles. The average Bonchev–Trinajstić information content (AvgIpc) is 2.30. The summed E-state index contributed by atoms with van der Waals surface area (Å²) in [4.78, 5) is 24.5. The molecule has 1 fully saturated rings. The molecule has 0 bridgehead atoms. The Balaban J connectivity index is 2.57. The lowest BCUT2D eigenvalue weighted by molar-refractivity contribution is -0.324. The topological polar surface area (TPSA) is 58.6 Å². The van der Waals surface area contributed by atoms with E-state index in [1.807, 2.05) is 6.92 Å². The van der Waals surface area contributed by atoms with Crippen LogP contribution in [0.1, 0.15) is 20.3 Å². The number of amides is 2. The lowest BCUT2D eigenvalue weighted by atomic mass is 9.96. The first-order valence-corrected chi connectivity index (χ1v) is 6.03. The van der Waals surface area contributed by atoms with Gasteiger partial charge in [0, 0.05) is 6.54 Å². The molecule has 0 aromatic rings. The molecule has 0 radical (unpaired) electrons. The standard InChI is InChI=1S/C11H17F3N2O3/c1-3-7(2)9-10(18)16(6-8(17)15-9)4-5-19-11(12,13)14/h7,9H,3-6H2,1-2H3,(H,15,17). The molecule has 1 heterocycles. The van der Waals surface area contributed by atoms with Gasteiger partial charge >= 0.3 is 6.36 Å². The van der Waals surface area contributed by atoms with E-state index in [1.54, 1.807) is 6.92 Å². The second kappa shape index (κ2) is 6.23. The first-order chi connectivity index (χ1) is 8.74. The highest BCUT2D eigenvalue weighted by molar-refractivity contribution is 5.95. The van der Waals surface area contributed by atoms with Crippen LogP contribution >= 0.6 is 0 Å². The molecule has 1 rings (SSSR count). The van der Waals surface area contributed by atoms with E-state index in [1.165, 1.54) is 0 Å². The zero-order chi connectivity index (χ0) is 14.6. The lowest BCUT2D eigenvalue weighted by Gasteiger charge is -2.35. The molecule has 2 unspecified atom stereocenters. The van der Waals surface area contributed by atoms with Crippen molar-refractivity contribution in [2.45, 2.75) is 32.7 Å². The van der Waals surface area contributed by atoms with Gasteiger partial charge in [-0.1, -0.05) is 20.3 Å². The molecule has 8 heteroatoms. The van der Waals surface area contributed by atoms with Gasteiger partial charge in [-0.2, -0.15) is 0 Å². The van der Waals surface area contributed by atoms with Crippen LogP contribution in [0.4, 0.5) is 13.2 Å². The van der Waals surface area contributed by atoms with E-state index in [4.69, 9.17) is 0 Å². The maximum absolute atomic E-state index is 12.0. The third kappa shape index (κ3) is 4.70. The van der Waals surface area contributed by atoms with E-state index >= 15 is 0 Å². The Bertz CT molecular complexity index is 347. The number of hydrogen-bond acceptors (Lipinski definition) is 3. The number of ether oxygens (including phenoxy) is 1. The predicted octanol–water partition coefficient (Wildman–Crippen LogP) is 0.896. The number of alkyl halides is 3. The van der Waals surface area contributed by atoms with Gasteiger partial charge in [-0.25, -0.2) is 0 Å². The predicted molar refractivity (Wildman–Crippen MR) is 60.0 cm³/mol. The van der Waals surface area contributed by atoms with Gasteiger partial charge in [0.25, 0.3) is 0 Å². The Morgan fingerprint density at radius 3 is 2.63 bits per heavy atom. The van der Waals surface area contributed by atoms with Crippen molar-refractivity contribution in [3.8, 4) is 0 Å². The molecule has 2 atom stereocenters. The monoisotopic (exact) mass is 282 g/mol. The van der Waals surface area contributed by atoms with Crippen molar-refractivity contribution in [2.24, 2.45) is 5.92 Å². The molecule has 5 nitrogen and oxygen atoms in total. The van der Waals surface area contributed by atoms with Gasteiger partial charge in [0.2, 0.25) is 11.8 Å². The van der Waals surface area contributed by atoms with Crippen LogP contribution in [0.3, 0.4) is 0 Å². The number of nitrogens with zero attached hydrogens (tertiary/aromatic N) is 1. The van der Waals surface area contributed by atoms with Crippen LogP contribution in [0.25, 0.3) is 0 Å². The van der Waals surface area contributed by atoms with Crippen LogP contribution < -0.4 is 5.32 Å². The van der Waals surface area contributed by atoms with Gasteiger partial charge in [-0.05, 0) is 5.92 Å². The van der Waals surface area contributed by atoms with Crippen LogP contribution in [-0.2, 0) is 14.3 Å². The fraction of sp³-hybridized carbons (Fsp3) is 0.818. The van der Waals surface area contributed by atoms with E-state index in [2.05, 4.69) is 10.1 Å². The quantitative estimate of drug-likeness (QED) is 0.815. The van der Waals surface area contributed by atoms with E-state index in [-0.39, 0.29) is 30.8 Å². The summed E-state index contributed by atoms with van der Waals surface area (Å²) in [6, 6.07) is -0.669. The van der Waals surface area contributed by atoms with Crippen molar-refractivity contribution in [3.63, 3.8) is 0 Å². The minimum atomic E-state index is -4.72. The van der Waals surface area contributed by atoms with Gasteiger partial charge in [0.15, 0.2) is 0 Å². The Morgan fingerprint density at radius 1 is 1.47 bits per heavy atom. The average molecular weight is 282 g/mol. The Morgan fingerprint density at radius 2 is 2.11 bits per heavy atom. The van der Waals surface area contributed by atoms with Crippen molar-refractivity contribution in [3.05, 3.63) is 0 Å². The van der Waals surface area contributed by atoms with Crippen molar-refractivity contribution >= 4 is 11.8 Å². The van der Waals surface area contributed by atoms with E-state index < -0.39 is 19.0 Å². The van der Waals surface area contributed by atoms with E-state index in [9.17, 15) is 22.8 Å². The summed E-state index contributed by atoms with van der Waals surface area (Å²) in [6.07, 6.45) is -4.04. The number of rotatable bonds is 5. The van der Waals surface area contributed by atoms with E-state index in [0.717, 1.165) is 4.90 Å². The number of hydrogen-bond donors (Lipinski definition) is 1. The fourth-order valence-corrected chi connectivity index (χ4v) is 1.81. The first-order valence-electron chi connectivity index (χ1n) is 6.03. The third-order valence-corrected chi connectivity index (χ3v) is 3.07. The molecule has 0 aromatic heterocycles. The van der Waals surface area contributed by atoms with Crippen molar-refractivity contribution < 1.29 is 27.5 Å². The molecular formula is C11H17F3N2O3. The van der Waals surface area contributed by atoms with Gasteiger partial charge < -0.3 is 10.2 Å².